The molecule has 0 atom stereocenters. The highest BCUT2D eigenvalue weighted by atomic mass is 19.4. The second-order valence-electron chi connectivity index (χ2n) is 5.26. The van der Waals surface area contributed by atoms with Crippen LogP contribution in [0.1, 0.15) is 18.1 Å². The Hall–Kier alpha value is -3.03. The number of halogens is 3. The minimum absolute atomic E-state index is 0.0787. The highest BCUT2D eigenvalue weighted by Crippen LogP contribution is 2.29. The van der Waals surface area contributed by atoms with Gasteiger partial charge >= 0.3 is 12.2 Å². The van der Waals surface area contributed by atoms with Gasteiger partial charge < -0.3 is 16.0 Å². The first kappa shape index (κ1) is 18.3. The lowest BCUT2D eigenvalue weighted by Gasteiger charge is -2.10. The molecule has 0 fully saturated rings. The van der Waals surface area contributed by atoms with E-state index in [0.717, 1.165) is 12.1 Å². The van der Waals surface area contributed by atoms with Gasteiger partial charge in [0, 0.05) is 24.8 Å². The standard InChI is InChI=1S/C17H16F3N3O2/c1-11(24)22-14-3-2-4-15(9-14)23-16(25)21-10-12-5-7-13(8-6-12)17(18,19)20/h2-9H,10H2,1H3,(H,22,24)(H2,21,23,25). The molecule has 0 aliphatic rings. The molecule has 0 saturated heterocycles. The molecule has 0 heterocycles. The Morgan fingerprint density at radius 2 is 1.56 bits per heavy atom. The van der Waals surface area contributed by atoms with Crippen molar-refractivity contribution in [2.24, 2.45) is 0 Å². The summed E-state index contributed by atoms with van der Waals surface area (Å²) in [6.45, 7) is 1.45. The smallest absolute Gasteiger partial charge is 0.334 e. The van der Waals surface area contributed by atoms with E-state index in [-0.39, 0.29) is 12.5 Å². The lowest BCUT2D eigenvalue weighted by molar-refractivity contribution is -0.137. The normalized spacial score (nSPS) is 10.9. The molecule has 3 amide bonds. The number of alkyl halides is 3. The number of amides is 3. The van der Waals surface area contributed by atoms with E-state index in [1.165, 1.54) is 19.1 Å². The molecule has 132 valence electrons. The third kappa shape index (κ3) is 5.83. The van der Waals surface area contributed by atoms with E-state index in [0.29, 0.717) is 16.9 Å². The average molecular weight is 351 g/mol. The van der Waals surface area contributed by atoms with Crippen molar-refractivity contribution >= 4 is 23.3 Å². The first-order valence-electron chi connectivity index (χ1n) is 7.33. The first-order chi connectivity index (χ1) is 11.7. The second-order valence-corrected chi connectivity index (χ2v) is 5.26. The van der Waals surface area contributed by atoms with Crippen LogP contribution in [-0.4, -0.2) is 11.9 Å². The third-order valence-electron chi connectivity index (χ3n) is 3.18. The Balaban J connectivity index is 1.89. The molecule has 0 saturated carbocycles. The number of carbonyl (C=O) groups excluding carboxylic acids is 2. The number of nitrogens with one attached hydrogen (secondary N) is 3. The highest BCUT2D eigenvalue weighted by molar-refractivity contribution is 5.92. The van der Waals surface area contributed by atoms with Gasteiger partial charge in [-0.2, -0.15) is 13.2 Å². The molecule has 5 nitrogen and oxygen atoms in total. The fourth-order valence-corrected chi connectivity index (χ4v) is 2.05. The quantitative estimate of drug-likeness (QED) is 0.780. The van der Waals surface area contributed by atoms with Crippen LogP contribution in [0.5, 0.6) is 0 Å². The fraction of sp³-hybridized carbons (Fsp3) is 0.176. The van der Waals surface area contributed by atoms with Gasteiger partial charge in [0.1, 0.15) is 0 Å². The van der Waals surface area contributed by atoms with Crippen LogP contribution in [0.4, 0.5) is 29.3 Å². The van der Waals surface area contributed by atoms with Crippen molar-refractivity contribution in [1.82, 2.24) is 5.32 Å². The maximum Gasteiger partial charge on any atom is 0.416 e. The van der Waals surface area contributed by atoms with E-state index in [4.69, 9.17) is 0 Å². The van der Waals surface area contributed by atoms with Crippen molar-refractivity contribution in [2.75, 3.05) is 10.6 Å². The van der Waals surface area contributed by atoms with Crippen LogP contribution >= 0.6 is 0 Å². The van der Waals surface area contributed by atoms with Gasteiger partial charge in [-0.1, -0.05) is 18.2 Å². The molecular weight excluding hydrogens is 335 g/mol. The summed E-state index contributed by atoms with van der Waals surface area (Å²) < 4.78 is 37.4. The number of benzene rings is 2. The molecule has 0 spiro atoms. The fourth-order valence-electron chi connectivity index (χ4n) is 2.05. The average Bonchev–Trinajstić information content (AvgIpc) is 2.52. The van der Waals surface area contributed by atoms with Crippen LogP contribution in [0.2, 0.25) is 0 Å². The van der Waals surface area contributed by atoms with E-state index in [9.17, 15) is 22.8 Å². The molecular formula is C17H16F3N3O2. The maximum absolute atomic E-state index is 12.5. The minimum atomic E-state index is -4.39. The van der Waals surface area contributed by atoms with Crippen LogP contribution < -0.4 is 16.0 Å². The summed E-state index contributed by atoms with van der Waals surface area (Å²) in [6, 6.07) is 10.6. The van der Waals surface area contributed by atoms with Crippen molar-refractivity contribution in [3.63, 3.8) is 0 Å². The third-order valence-corrected chi connectivity index (χ3v) is 3.18. The van der Waals surface area contributed by atoms with Crippen molar-refractivity contribution in [1.29, 1.82) is 0 Å². The topological polar surface area (TPSA) is 70.2 Å². The van der Waals surface area contributed by atoms with E-state index < -0.39 is 17.8 Å². The summed E-state index contributed by atoms with van der Waals surface area (Å²) >= 11 is 0. The van der Waals surface area contributed by atoms with Gasteiger partial charge in [-0.15, -0.1) is 0 Å². The van der Waals surface area contributed by atoms with E-state index >= 15 is 0 Å². The van der Waals surface area contributed by atoms with Crippen molar-refractivity contribution in [3.05, 3.63) is 59.7 Å². The molecule has 0 unspecified atom stereocenters. The predicted octanol–water partition coefficient (Wildman–Crippen LogP) is 3.99. The number of hydrogen-bond acceptors (Lipinski definition) is 2. The van der Waals surface area contributed by atoms with Crippen LogP contribution in [0.3, 0.4) is 0 Å². The zero-order valence-electron chi connectivity index (χ0n) is 13.3. The summed E-state index contributed by atoms with van der Waals surface area (Å²) in [4.78, 5) is 22.9. The van der Waals surface area contributed by atoms with E-state index in [2.05, 4.69) is 16.0 Å². The van der Waals surface area contributed by atoms with Crippen LogP contribution in [0.15, 0.2) is 48.5 Å². The predicted molar refractivity (Wildman–Crippen MR) is 88.0 cm³/mol. The highest BCUT2D eigenvalue weighted by Gasteiger charge is 2.29. The first-order valence-corrected chi connectivity index (χ1v) is 7.33. The largest absolute Gasteiger partial charge is 0.416 e. The molecule has 8 heteroatoms. The van der Waals surface area contributed by atoms with Crippen LogP contribution in [0.25, 0.3) is 0 Å². The van der Waals surface area contributed by atoms with Gasteiger partial charge in [-0.3, -0.25) is 4.79 Å². The molecule has 2 aromatic rings. The number of anilines is 2. The Kier molecular flexibility index (Phi) is 5.63. The zero-order valence-corrected chi connectivity index (χ0v) is 13.3. The lowest BCUT2D eigenvalue weighted by atomic mass is 10.1. The molecule has 2 aromatic carbocycles. The monoisotopic (exact) mass is 351 g/mol. The van der Waals surface area contributed by atoms with Crippen LogP contribution in [-0.2, 0) is 17.5 Å². The van der Waals surface area contributed by atoms with Gasteiger partial charge in [0.15, 0.2) is 0 Å². The Morgan fingerprint density at radius 1 is 0.960 bits per heavy atom. The zero-order chi connectivity index (χ0) is 18.4. The molecule has 0 bridgehead atoms. The molecule has 0 radical (unpaired) electrons. The second kappa shape index (κ2) is 7.69. The lowest BCUT2D eigenvalue weighted by Crippen LogP contribution is -2.28. The molecule has 3 N–H and O–H groups in total. The Labute approximate surface area is 142 Å². The molecule has 0 aliphatic heterocycles. The Bertz CT molecular complexity index is 758. The number of hydrogen-bond donors (Lipinski definition) is 3. The Morgan fingerprint density at radius 3 is 2.12 bits per heavy atom. The van der Waals surface area contributed by atoms with Gasteiger partial charge in [-0.25, -0.2) is 4.79 Å². The molecule has 25 heavy (non-hydrogen) atoms. The number of urea groups is 1. The summed E-state index contributed by atoms with van der Waals surface area (Å²) in [5.41, 5.74) is 0.801. The summed E-state index contributed by atoms with van der Waals surface area (Å²) in [6.07, 6.45) is -4.39. The van der Waals surface area contributed by atoms with Gasteiger partial charge in [0.25, 0.3) is 0 Å². The number of carbonyl (C=O) groups is 2. The van der Waals surface area contributed by atoms with Gasteiger partial charge in [0.05, 0.1) is 5.56 Å². The van der Waals surface area contributed by atoms with Gasteiger partial charge in [-0.05, 0) is 35.9 Å². The molecule has 2 rings (SSSR count). The van der Waals surface area contributed by atoms with E-state index in [1.807, 2.05) is 0 Å². The van der Waals surface area contributed by atoms with Crippen molar-refractivity contribution in [3.8, 4) is 0 Å². The molecule has 0 aliphatic carbocycles. The maximum atomic E-state index is 12.5. The SMILES string of the molecule is CC(=O)Nc1cccc(NC(=O)NCc2ccc(C(F)(F)F)cc2)c1. The summed E-state index contributed by atoms with van der Waals surface area (Å²) in [5, 5.41) is 7.72. The summed E-state index contributed by atoms with van der Waals surface area (Å²) in [5.74, 6) is -0.232. The number of rotatable bonds is 4. The summed E-state index contributed by atoms with van der Waals surface area (Å²) in [7, 11) is 0. The minimum Gasteiger partial charge on any atom is -0.334 e. The van der Waals surface area contributed by atoms with Crippen molar-refractivity contribution < 1.29 is 22.8 Å². The van der Waals surface area contributed by atoms with Gasteiger partial charge in [0.2, 0.25) is 5.91 Å². The van der Waals surface area contributed by atoms with Crippen molar-refractivity contribution in [2.45, 2.75) is 19.6 Å². The van der Waals surface area contributed by atoms with Crippen LogP contribution in [0, 0.1) is 0 Å². The van der Waals surface area contributed by atoms with E-state index in [1.54, 1.807) is 24.3 Å². The molecule has 0 aromatic heterocycles.